The third-order valence-electron chi connectivity index (χ3n) is 2.38. The minimum absolute atomic E-state index is 0.356. The van der Waals surface area contributed by atoms with Crippen molar-refractivity contribution < 1.29 is 8.78 Å². The van der Waals surface area contributed by atoms with Crippen LogP contribution in [0.1, 0.15) is 13.3 Å². The van der Waals surface area contributed by atoms with Crippen molar-refractivity contribution in [3.63, 3.8) is 0 Å². The summed E-state index contributed by atoms with van der Waals surface area (Å²) in [5.41, 5.74) is 6.97. The van der Waals surface area contributed by atoms with Gasteiger partial charge in [-0.1, -0.05) is 6.92 Å². The van der Waals surface area contributed by atoms with Crippen LogP contribution in [0.25, 0.3) is 11.3 Å². The fourth-order valence-corrected chi connectivity index (χ4v) is 1.70. The van der Waals surface area contributed by atoms with E-state index < -0.39 is 11.6 Å². The van der Waals surface area contributed by atoms with Gasteiger partial charge in [0.25, 0.3) is 0 Å². The van der Waals surface area contributed by atoms with Crippen molar-refractivity contribution in [3.8, 4) is 11.3 Å². The first-order valence-electron chi connectivity index (χ1n) is 5.39. The standard InChI is InChI=1S/C12H13F2N3/c1-2-3-17-7-11(15)12(16-17)8-4-9(13)6-10(14)5-8/h4-7H,2-3,15H2,1H3. The van der Waals surface area contributed by atoms with Gasteiger partial charge >= 0.3 is 0 Å². The number of nitrogens with two attached hydrogens (primary N) is 1. The van der Waals surface area contributed by atoms with Crippen LogP contribution >= 0.6 is 0 Å². The lowest BCUT2D eigenvalue weighted by Crippen LogP contribution is -1.97. The Hall–Kier alpha value is -1.91. The van der Waals surface area contributed by atoms with Crippen molar-refractivity contribution in [1.82, 2.24) is 9.78 Å². The highest BCUT2D eigenvalue weighted by Crippen LogP contribution is 2.25. The number of nitrogens with zero attached hydrogens (tertiary/aromatic N) is 2. The van der Waals surface area contributed by atoms with Crippen LogP contribution in [0.4, 0.5) is 14.5 Å². The Morgan fingerprint density at radius 2 is 1.88 bits per heavy atom. The fraction of sp³-hybridized carbons (Fsp3) is 0.250. The van der Waals surface area contributed by atoms with Gasteiger partial charge < -0.3 is 5.73 Å². The van der Waals surface area contributed by atoms with Gasteiger partial charge in [0.2, 0.25) is 0 Å². The maximum atomic E-state index is 13.1. The zero-order valence-corrected chi connectivity index (χ0v) is 9.45. The molecule has 0 amide bonds. The molecule has 2 rings (SSSR count). The van der Waals surface area contributed by atoms with E-state index >= 15 is 0 Å². The van der Waals surface area contributed by atoms with E-state index in [1.165, 1.54) is 12.1 Å². The van der Waals surface area contributed by atoms with Crippen LogP contribution in [0.5, 0.6) is 0 Å². The molecule has 0 atom stereocenters. The van der Waals surface area contributed by atoms with Crippen molar-refractivity contribution >= 4 is 5.69 Å². The van der Waals surface area contributed by atoms with Gasteiger partial charge in [0, 0.05) is 24.4 Å². The van der Waals surface area contributed by atoms with Crippen LogP contribution in [0.3, 0.4) is 0 Å². The summed E-state index contributed by atoms with van der Waals surface area (Å²) in [5, 5.41) is 4.21. The molecule has 2 aromatic rings. The monoisotopic (exact) mass is 237 g/mol. The molecule has 0 aliphatic heterocycles. The van der Waals surface area contributed by atoms with Gasteiger partial charge in [-0.05, 0) is 18.6 Å². The van der Waals surface area contributed by atoms with Gasteiger partial charge in [0.1, 0.15) is 17.3 Å². The third-order valence-corrected chi connectivity index (χ3v) is 2.38. The largest absolute Gasteiger partial charge is 0.396 e. The van der Waals surface area contributed by atoms with Gasteiger partial charge in [0.05, 0.1) is 5.69 Å². The highest BCUT2D eigenvalue weighted by molar-refractivity contribution is 5.71. The summed E-state index contributed by atoms with van der Waals surface area (Å²) >= 11 is 0. The predicted molar refractivity (Wildman–Crippen MR) is 62.3 cm³/mol. The first-order chi connectivity index (χ1) is 8.10. The Morgan fingerprint density at radius 1 is 1.24 bits per heavy atom. The topological polar surface area (TPSA) is 43.8 Å². The zero-order chi connectivity index (χ0) is 12.4. The fourth-order valence-electron chi connectivity index (χ4n) is 1.70. The van der Waals surface area contributed by atoms with Crippen molar-refractivity contribution in [1.29, 1.82) is 0 Å². The molecule has 0 aliphatic carbocycles. The Morgan fingerprint density at radius 3 is 2.47 bits per heavy atom. The second-order valence-corrected chi connectivity index (χ2v) is 3.85. The van der Waals surface area contributed by atoms with E-state index in [4.69, 9.17) is 5.73 Å². The number of benzene rings is 1. The molecule has 1 heterocycles. The number of rotatable bonds is 3. The molecule has 90 valence electrons. The van der Waals surface area contributed by atoms with Gasteiger partial charge in [-0.25, -0.2) is 8.78 Å². The number of anilines is 1. The molecule has 0 fully saturated rings. The van der Waals surface area contributed by atoms with E-state index in [1.807, 2.05) is 6.92 Å². The van der Waals surface area contributed by atoms with E-state index in [0.29, 0.717) is 16.9 Å². The predicted octanol–water partition coefficient (Wildman–Crippen LogP) is 2.82. The van der Waals surface area contributed by atoms with Crippen molar-refractivity contribution in [2.45, 2.75) is 19.9 Å². The molecule has 0 radical (unpaired) electrons. The first kappa shape index (κ1) is 11.6. The first-order valence-corrected chi connectivity index (χ1v) is 5.39. The van der Waals surface area contributed by atoms with Crippen LogP contribution < -0.4 is 5.73 Å². The minimum Gasteiger partial charge on any atom is -0.396 e. The molecule has 0 saturated heterocycles. The summed E-state index contributed by atoms with van der Waals surface area (Å²) < 4.78 is 27.8. The molecular formula is C12H13F2N3. The molecule has 0 bridgehead atoms. The lowest BCUT2D eigenvalue weighted by Gasteiger charge is -2.00. The maximum Gasteiger partial charge on any atom is 0.126 e. The van der Waals surface area contributed by atoms with Crippen molar-refractivity contribution in [2.24, 2.45) is 0 Å². The molecule has 3 nitrogen and oxygen atoms in total. The summed E-state index contributed by atoms with van der Waals surface area (Å²) in [7, 11) is 0. The van der Waals surface area contributed by atoms with Crippen LogP contribution in [0, 0.1) is 11.6 Å². The van der Waals surface area contributed by atoms with E-state index in [9.17, 15) is 8.78 Å². The molecule has 0 unspecified atom stereocenters. The summed E-state index contributed by atoms with van der Waals surface area (Å²) in [6.07, 6.45) is 2.58. The quantitative estimate of drug-likeness (QED) is 0.892. The van der Waals surface area contributed by atoms with E-state index in [-0.39, 0.29) is 0 Å². The van der Waals surface area contributed by atoms with Gasteiger partial charge in [0.15, 0.2) is 0 Å². The second kappa shape index (κ2) is 4.53. The third kappa shape index (κ3) is 2.43. The SMILES string of the molecule is CCCn1cc(N)c(-c2cc(F)cc(F)c2)n1. The summed E-state index contributed by atoms with van der Waals surface area (Å²) in [6, 6.07) is 3.26. The zero-order valence-electron chi connectivity index (χ0n) is 9.45. The Balaban J connectivity index is 2.44. The molecule has 0 spiro atoms. The second-order valence-electron chi connectivity index (χ2n) is 3.85. The smallest absolute Gasteiger partial charge is 0.126 e. The molecule has 1 aromatic heterocycles. The lowest BCUT2D eigenvalue weighted by molar-refractivity contribution is 0.583. The van der Waals surface area contributed by atoms with Crippen LogP contribution in [0.2, 0.25) is 0 Å². The number of hydrogen-bond acceptors (Lipinski definition) is 2. The van der Waals surface area contributed by atoms with Crippen LogP contribution in [-0.4, -0.2) is 9.78 Å². The molecule has 1 aromatic carbocycles. The number of aromatic nitrogens is 2. The van der Waals surface area contributed by atoms with Crippen LogP contribution in [-0.2, 0) is 6.54 Å². The molecular weight excluding hydrogens is 224 g/mol. The highest BCUT2D eigenvalue weighted by Gasteiger charge is 2.10. The summed E-state index contributed by atoms with van der Waals surface area (Å²) in [5.74, 6) is -1.27. The van der Waals surface area contributed by atoms with Crippen molar-refractivity contribution in [3.05, 3.63) is 36.0 Å². The summed E-state index contributed by atoms with van der Waals surface area (Å²) in [4.78, 5) is 0. The normalized spacial score (nSPS) is 10.8. The molecule has 17 heavy (non-hydrogen) atoms. The Bertz CT molecular complexity index is 514. The van der Waals surface area contributed by atoms with Gasteiger partial charge in [-0.3, -0.25) is 4.68 Å². The van der Waals surface area contributed by atoms with E-state index in [0.717, 1.165) is 19.0 Å². The van der Waals surface area contributed by atoms with Gasteiger partial charge in [-0.15, -0.1) is 0 Å². The average Bonchev–Trinajstić information content (AvgIpc) is 2.58. The molecule has 0 saturated carbocycles. The van der Waals surface area contributed by atoms with Gasteiger partial charge in [-0.2, -0.15) is 5.10 Å². The Kier molecular flexibility index (Phi) is 3.08. The van der Waals surface area contributed by atoms with E-state index in [2.05, 4.69) is 5.10 Å². The number of hydrogen-bond donors (Lipinski definition) is 1. The number of aryl methyl sites for hydroxylation is 1. The van der Waals surface area contributed by atoms with Crippen molar-refractivity contribution in [2.75, 3.05) is 5.73 Å². The van der Waals surface area contributed by atoms with Crippen LogP contribution in [0.15, 0.2) is 24.4 Å². The Labute approximate surface area is 97.9 Å². The number of halogens is 2. The maximum absolute atomic E-state index is 13.1. The highest BCUT2D eigenvalue weighted by atomic mass is 19.1. The average molecular weight is 237 g/mol. The lowest BCUT2D eigenvalue weighted by atomic mass is 10.1. The molecule has 2 N–H and O–H groups in total. The molecule has 0 aliphatic rings. The summed E-state index contributed by atoms with van der Waals surface area (Å²) in [6.45, 7) is 2.74. The van der Waals surface area contributed by atoms with E-state index in [1.54, 1.807) is 10.9 Å². The molecule has 5 heteroatoms. The number of nitrogen functional groups attached to an aromatic ring is 1. The minimum atomic E-state index is -0.635.